The molecule has 3 nitrogen and oxygen atoms in total. The molecular formula is C20H14F2N2O. The highest BCUT2D eigenvalue weighted by Crippen LogP contribution is 2.38. The number of hydrogen-bond acceptors (Lipinski definition) is 2. The summed E-state index contributed by atoms with van der Waals surface area (Å²) in [4.78, 5) is 7.39. The molecule has 2 heterocycles. The highest BCUT2D eigenvalue weighted by molar-refractivity contribution is 6.01. The summed E-state index contributed by atoms with van der Waals surface area (Å²) in [5, 5.41) is 10.2. The smallest absolute Gasteiger partial charge is 0.187 e. The van der Waals surface area contributed by atoms with Crippen molar-refractivity contribution >= 4 is 11.0 Å². The molecule has 0 fully saturated rings. The fraction of sp³-hybridized carbons (Fsp3) is 0.0500. The van der Waals surface area contributed by atoms with Crippen molar-refractivity contribution in [2.75, 3.05) is 0 Å². The number of H-pyrrole nitrogens is 1. The Labute approximate surface area is 142 Å². The summed E-state index contributed by atoms with van der Waals surface area (Å²) in [6.45, 7) is 1.99. The molecule has 0 saturated heterocycles. The van der Waals surface area contributed by atoms with Crippen LogP contribution in [0.3, 0.4) is 0 Å². The van der Waals surface area contributed by atoms with Crippen LogP contribution in [0.1, 0.15) is 5.56 Å². The minimum absolute atomic E-state index is 0.318. The third-order valence-electron chi connectivity index (χ3n) is 4.25. The van der Waals surface area contributed by atoms with E-state index in [1.54, 1.807) is 12.4 Å². The van der Waals surface area contributed by atoms with Gasteiger partial charge in [-0.25, -0.2) is 13.8 Å². The van der Waals surface area contributed by atoms with E-state index in [9.17, 15) is 13.9 Å². The number of aromatic nitrogens is 2. The van der Waals surface area contributed by atoms with Crippen LogP contribution >= 0.6 is 0 Å². The number of hydrogen-bond donors (Lipinski definition) is 2. The van der Waals surface area contributed by atoms with E-state index < -0.39 is 17.4 Å². The Hall–Kier alpha value is -3.21. The van der Waals surface area contributed by atoms with Crippen molar-refractivity contribution < 1.29 is 13.9 Å². The Morgan fingerprint density at radius 3 is 2.32 bits per heavy atom. The molecule has 0 aliphatic rings. The largest absolute Gasteiger partial charge is 0.503 e. The van der Waals surface area contributed by atoms with E-state index in [1.807, 2.05) is 37.3 Å². The van der Waals surface area contributed by atoms with Gasteiger partial charge in [0.15, 0.2) is 17.4 Å². The molecule has 4 aromatic rings. The summed E-state index contributed by atoms with van der Waals surface area (Å²) >= 11 is 0. The van der Waals surface area contributed by atoms with Gasteiger partial charge in [0.25, 0.3) is 0 Å². The van der Waals surface area contributed by atoms with Crippen LogP contribution in [0, 0.1) is 18.6 Å². The van der Waals surface area contributed by atoms with Crippen LogP contribution in [-0.2, 0) is 0 Å². The second-order valence-electron chi connectivity index (χ2n) is 5.94. The van der Waals surface area contributed by atoms with Crippen LogP contribution in [0.2, 0.25) is 0 Å². The molecule has 5 heteroatoms. The van der Waals surface area contributed by atoms with Gasteiger partial charge in [-0.2, -0.15) is 0 Å². The second-order valence-corrected chi connectivity index (χ2v) is 5.94. The van der Waals surface area contributed by atoms with Crippen molar-refractivity contribution in [1.29, 1.82) is 0 Å². The van der Waals surface area contributed by atoms with Gasteiger partial charge in [0.05, 0.1) is 0 Å². The van der Waals surface area contributed by atoms with E-state index in [1.165, 1.54) is 0 Å². The Morgan fingerprint density at radius 2 is 1.64 bits per heavy atom. The molecule has 4 rings (SSSR count). The molecule has 0 saturated carbocycles. The number of aromatic amines is 1. The third-order valence-corrected chi connectivity index (χ3v) is 4.25. The quantitative estimate of drug-likeness (QED) is 0.529. The number of fused-ring (bicyclic) bond motifs is 1. The van der Waals surface area contributed by atoms with Gasteiger partial charge in [-0.15, -0.1) is 0 Å². The third kappa shape index (κ3) is 2.54. The molecular weight excluding hydrogens is 322 g/mol. The molecule has 0 aliphatic heterocycles. The lowest BCUT2D eigenvalue weighted by atomic mass is 9.93. The lowest BCUT2D eigenvalue weighted by Gasteiger charge is -2.12. The first-order chi connectivity index (χ1) is 12.0. The molecule has 2 aromatic heterocycles. The van der Waals surface area contributed by atoms with Gasteiger partial charge < -0.3 is 10.1 Å². The SMILES string of the molecule is Cc1ccc(-c2c(-c3cc(F)c(O)c(F)c3)cnc3[nH]ccc23)cc1. The summed E-state index contributed by atoms with van der Waals surface area (Å²) in [6.07, 6.45) is 3.36. The number of pyridine rings is 1. The number of phenols is 1. The maximum Gasteiger partial charge on any atom is 0.187 e. The van der Waals surface area contributed by atoms with Crippen molar-refractivity contribution in [3.05, 3.63) is 72.1 Å². The van der Waals surface area contributed by atoms with Crippen LogP contribution in [0.4, 0.5) is 8.78 Å². The average Bonchev–Trinajstić information content (AvgIpc) is 3.08. The summed E-state index contributed by atoms with van der Waals surface area (Å²) < 4.78 is 27.7. The summed E-state index contributed by atoms with van der Waals surface area (Å²) in [7, 11) is 0. The zero-order chi connectivity index (χ0) is 17.6. The standard InChI is InChI=1S/C20H14F2N2O/c1-11-2-4-12(5-3-11)18-14-6-7-23-20(14)24-10-15(18)13-8-16(21)19(25)17(22)9-13/h2-10,25H,1H3,(H,23,24). The van der Waals surface area contributed by atoms with Gasteiger partial charge in [0.1, 0.15) is 5.65 Å². The number of aromatic hydroxyl groups is 1. The highest BCUT2D eigenvalue weighted by atomic mass is 19.1. The van der Waals surface area contributed by atoms with Crippen LogP contribution < -0.4 is 0 Å². The van der Waals surface area contributed by atoms with Gasteiger partial charge in [-0.3, -0.25) is 0 Å². The van der Waals surface area contributed by atoms with Crippen molar-refractivity contribution in [3.8, 4) is 28.0 Å². The van der Waals surface area contributed by atoms with Crippen LogP contribution in [0.5, 0.6) is 5.75 Å². The molecule has 0 radical (unpaired) electrons. The average molecular weight is 336 g/mol. The number of nitrogens with one attached hydrogen (secondary N) is 1. The lowest BCUT2D eigenvalue weighted by Crippen LogP contribution is -1.92. The van der Waals surface area contributed by atoms with Gasteiger partial charge in [0, 0.05) is 28.9 Å². The topological polar surface area (TPSA) is 48.9 Å². The first-order valence-electron chi connectivity index (χ1n) is 7.76. The summed E-state index contributed by atoms with van der Waals surface area (Å²) in [5.74, 6) is -2.98. The number of phenolic OH excluding ortho intramolecular Hbond substituents is 1. The van der Waals surface area contributed by atoms with Gasteiger partial charge in [-0.1, -0.05) is 29.8 Å². The number of halogens is 2. The number of aryl methyl sites for hydroxylation is 1. The summed E-state index contributed by atoms with van der Waals surface area (Å²) in [5.41, 5.74) is 4.47. The second kappa shape index (κ2) is 5.70. The van der Waals surface area contributed by atoms with E-state index in [0.29, 0.717) is 16.8 Å². The molecule has 0 aliphatic carbocycles. The molecule has 2 N–H and O–H groups in total. The molecule has 0 atom stereocenters. The predicted octanol–water partition coefficient (Wildman–Crippen LogP) is 5.19. The molecule has 2 aromatic carbocycles. The van der Waals surface area contributed by atoms with E-state index >= 15 is 0 Å². The Balaban J connectivity index is 2.04. The fourth-order valence-corrected chi connectivity index (χ4v) is 2.98. The molecule has 124 valence electrons. The van der Waals surface area contributed by atoms with Crippen molar-refractivity contribution in [2.24, 2.45) is 0 Å². The van der Waals surface area contributed by atoms with E-state index in [4.69, 9.17) is 0 Å². The van der Waals surface area contributed by atoms with E-state index in [-0.39, 0.29) is 0 Å². The molecule has 25 heavy (non-hydrogen) atoms. The first-order valence-corrected chi connectivity index (χ1v) is 7.76. The zero-order valence-corrected chi connectivity index (χ0v) is 13.3. The predicted molar refractivity (Wildman–Crippen MR) is 93.3 cm³/mol. The Morgan fingerprint density at radius 1 is 0.960 bits per heavy atom. The Bertz CT molecular complexity index is 1060. The minimum atomic E-state index is -1.00. The van der Waals surface area contributed by atoms with Crippen LogP contribution in [0.15, 0.2) is 54.9 Å². The number of rotatable bonds is 2. The Kier molecular flexibility index (Phi) is 3.50. The monoisotopic (exact) mass is 336 g/mol. The molecule has 0 bridgehead atoms. The fourth-order valence-electron chi connectivity index (χ4n) is 2.98. The van der Waals surface area contributed by atoms with Gasteiger partial charge in [0.2, 0.25) is 0 Å². The maximum atomic E-state index is 13.9. The van der Waals surface area contributed by atoms with Crippen molar-refractivity contribution in [3.63, 3.8) is 0 Å². The lowest BCUT2D eigenvalue weighted by molar-refractivity contribution is 0.396. The van der Waals surface area contributed by atoms with Gasteiger partial charge in [-0.05, 0) is 36.2 Å². The summed E-state index contributed by atoms with van der Waals surface area (Å²) in [6, 6.07) is 12.0. The number of benzene rings is 2. The van der Waals surface area contributed by atoms with Crippen LogP contribution in [-0.4, -0.2) is 15.1 Å². The van der Waals surface area contributed by atoms with Crippen molar-refractivity contribution in [1.82, 2.24) is 9.97 Å². The van der Waals surface area contributed by atoms with E-state index in [2.05, 4.69) is 9.97 Å². The molecule has 0 spiro atoms. The minimum Gasteiger partial charge on any atom is -0.503 e. The normalized spacial score (nSPS) is 11.2. The molecule has 0 unspecified atom stereocenters. The zero-order valence-electron chi connectivity index (χ0n) is 13.3. The van der Waals surface area contributed by atoms with Crippen LogP contribution in [0.25, 0.3) is 33.3 Å². The van der Waals surface area contributed by atoms with E-state index in [0.717, 1.165) is 34.2 Å². The number of nitrogens with zero attached hydrogens (tertiary/aromatic N) is 1. The van der Waals surface area contributed by atoms with Crippen molar-refractivity contribution in [2.45, 2.75) is 6.92 Å². The first kappa shape index (κ1) is 15.3. The highest BCUT2D eigenvalue weighted by Gasteiger charge is 2.17. The van der Waals surface area contributed by atoms with Gasteiger partial charge >= 0.3 is 0 Å². The maximum absolute atomic E-state index is 13.9. The molecule has 0 amide bonds.